The molecule has 2 heterocycles. The lowest BCUT2D eigenvalue weighted by Gasteiger charge is -2.15. The third kappa shape index (κ3) is 2.52. The van der Waals surface area contributed by atoms with E-state index in [9.17, 15) is 0 Å². The van der Waals surface area contributed by atoms with Crippen molar-refractivity contribution in [1.29, 1.82) is 0 Å². The van der Waals surface area contributed by atoms with Gasteiger partial charge in [0, 0.05) is 11.1 Å². The second-order valence-electron chi connectivity index (χ2n) is 5.34. The van der Waals surface area contributed by atoms with Crippen LogP contribution in [-0.4, -0.2) is 0 Å². The molecule has 0 saturated carbocycles. The van der Waals surface area contributed by atoms with Gasteiger partial charge in [0.1, 0.15) is 0 Å². The van der Waals surface area contributed by atoms with Crippen LogP contribution in [0.4, 0.5) is 0 Å². The van der Waals surface area contributed by atoms with E-state index in [1.54, 1.807) is 25.1 Å². The molecule has 4 aromatic rings. The van der Waals surface area contributed by atoms with Gasteiger partial charge >= 0.3 is 0 Å². The van der Waals surface area contributed by atoms with Gasteiger partial charge in [-0.3, -0.25) is 0 Å². The molecule has 1 unspecified atom stereocenters. The molecule has 2 nitrogen and oxygen atoms in total. The minimum atomic E-state index is 1.07. The van der Waals surface area contributed by atoms with Crippen molar-refractivity contribution in [1.82, 2.24) is 0 Å². The van der Waals surface area contributed by atoms with Gasteiger partial charge in [-0.2, -0.15) is 0 Å². The fourth-order valence-electron chi connectivity index (χ4n) is 2.88. The average molecular weight is 318 g/mol. The van der Waals surface area contributed by atoms with Crippen LogP contribution < -0.4 is 5.30 Å². The summed E-state index contributed by atoms with van der Waals surface area (Å²) in [7, 11) is 2.82. The van der Waals surface area contributed by atoms with Crippen LogP contribution in [0.5, 0.6) is 0 Å². The highest BCUT2D eigenvalue weighted by Crippen LogP contribution is 2.40. The highest BCUT2D eigenvalue weighted by atomic mass is 31.0. The van der Waals surface area contributed by atoms with Gasteiger partial charge in [0.2, 0.25) is 0 Å². The first-order valence-electron chi connectivity index (χ1n) is 7.37. The van der Waals surface area contributed by atoms with Gasteiger partial charge in [-0.25, -0.2) is 0 Å². The van der Waals surface area contributed by atoms with Crippen molar-refractivity contribution in [3.63, 3.8) is 0 Å². The summed E-state index contributed by atoms with van der Waals surface area (Å²) in [5.74, 6) is 0. The molecule has 0 fully saturated rings. The Morgan fingerprint density at radius 1 is 0.609 bits per heavy atom. The fraction of sp³-hybridized carbons (Fsp3) is 0. The monoisotopic (exact) mass is 318 g/mol. The molecule has 1 atom stereocenters. The maximum atomic E-state index is 5.30. The molecule has 2 aromatic heterocycles. The Morgan fingerprint density at radius 3 is 1.70 bits per heavy atom. The molecule has 112 valence electrons. The van der Waals surface area contributed by atoms with Crippen molar-refractivity contribution >= 4 is 14.5 Å². The predicted octanol–water partition coefficient (Wildman–Crippen LogP) is 5.37. The summed E-state index contributed by atoms with van der Waals surface area (Å²) in [5, 5.41) is 1.16. The van der Waals surface area contributed by atoms with E-state index in [0.717, 1.165) is 27.6 Å². The number of hydrogen-bond acceptors (Lipinski definition) is 2. The molecule has 0 aliphatic heterocycles. The molecule has 0 aliphatic carbocycles. The van der Waals surface area contributed by atoms with Crippen LogP contribution >= 0.6 is 9.24 Å². The van der Waals surface area contributed by atoms with Gasteiger partial charge in [0.05, 0.1) is 25.1 Å². The van der Waals surface area contributed by atoms with Gasteiger partial charge in [0.25, 0.3) is 0 Å². The zero-order chi connectivity index (χ0) is 15.6. The highest BCUT2D eigenvalue weighted by Gasteiger charge is 2.16. The summed E-state index contributed by atoms with van der Waals surface area (Å²) in [6, 6.07) is 18.7. The summed E-state index contributed by atoms with van der Waals surface area (Å²) >= 11 is 0. The number of benzene rings is 2. The van der Waals surface area contributed by atoms with E-state index in [1.807, 2.05) is 18.2 Å². The van der Waals surface area contributed by atoms with Crippen molar-refractivity contribution in [2.24, 2.45) is 0 Å². The molecular formula is C20H15O2P. The average Bonchev–Trinajstić information content (AvgIpc) is 3.28. The van der Waals surface area contributed by atoms with Crippen LogP contribution in [0.3, 0.4) is 0 Å². The van der Waals surface area contributed by atoms with Gasteiger partial charge < -0.3 is 8.83 Å². The normalized spacial score (nSPS) is 10.8. The van der Waals surface area contributed by atoms with Crippen LogP contribution in [-0.2, 0) is 0 Å². The maximum Gasteiger partial charge on any atom is 0.0981 e. The third-order valence-electron chi connectivity index (χ3n) is 3.96. The largest absolute Gasteiger partial charge is 0.472 e. The van der Waals surface area contributed by atoms with E-state index in [2.05, 4.69) is 45.6 Å². The van der Waals surface area contributed by atoms with Gasteiger partial charge in [-0.1, -0.05) is 42.5 Å². The SMILES string of the molecule is Pc1ccccc1-c1c(-c2ccoc2)cccc1-c1ccoc1. The fourth-order valence-corrected chi connectivity index (χ4v) is 3.24. The molecule has 0 amide bonds. The Balaban J connectivity index is 2.06. The topological polar surface area (TPSA) is 26.3 Å². The summed E-state index contributed by atoms with van der Waals surface area (Å²) in [4.78, 5) is 0. The first kappa shape index (κ1) is 14.0. The summed E-state index contributed by atoms with van der Waals surface area (Å²) in [6.07, 6.45) is 6.97. The second-order valence-corrected chi connectivity index (χ2v) is 5.96. The smallest absolute Gasteiger partial charge is 0.0981 e. The van der Waals surface area contributed by atoms with E-state index in [-0.39, 0.29) is 0 Å². The second kappa shape index (κ2) is 5.91. The van der Waals surface area contributed by atoms with E-state index >= 15 is 0 Å². The van der Waals surface area contributed by atoms with Crippen molar-refractivity contribution in [2.45, 2.75) is 0 Å². The first-order valence-corrected chi connectivity index (χ1v) is 7.95. The first-order chi connectivity index (χ1) is 11.3. The Hall–Kier alpha value is -2.57. The Labute approximate surface area is 137 Å². The van der Waals surface area contributed by atoms with E-state index in [0.29, 0.717) is 0 Å². The zero-order valence-electron chi connectivity index (χ0n) is 12.4. The lowest BCUT2D eigenvalue weighted by atomic mass is 9.89. The minimum Gasteiger partial charge on any atom is -0.472 e. The van der Waals surface area contributed by atoms with Gasteiger partial charge in [-0.15, -0.1) is 9.24 Å². The van der Waals surface area contributed by atoms with Crippen molar-refractivity contribution in [3.8, 4) is 33.4 Å². The Bertz CT molecular complexity index is 870. The van der Waals surface area contributed by atoms with Gasteiger partial charge in [-0.05, 0) is 39.7 Å². The molecule has 2 aromatic carbocycles. The third-order valence-corrected chi connectivity index (χ3v) is 4.46. The van der Waals surface area contributed by atoms with Gasteiger partial charge in [0.15, 0.2) is 0 Å². The van der Waals surface area contributed by atoms with Crippen molar-refractivity contribution < 1.29 is 8.83 Å². The Morgan fingerprint density at radius 2 is 1.17 bits per heavy atom. The molecule has 0 radical (unpaired) electrons. The van der Waals surface area contributed by atoms with E-state index in [4.69, 9.17) is 8.83 Å². The number of furan rings is 2. The van der Waals surface area contributed by atoms with Crippen molar-refractivity contribution in [3.05, 3.63) is 79.6 Å². The van der Waals surface area contributed by atoms with Crippen LogP contribution in [0.2, 0.25) is 0 Å². The van der Waals surface area contributed by atoms with E-state index in [1.165, 1.54) is 11.1 Å². The van der Waals surface area contributed by atoms with Crippen LogP contribution in [0.25, 0.3) is 33.4 Å². The molecule has 0 spiro atoms. The molecular weight excluding hydrogens is 303 g/mol. The molecule has 3 heteroatoms. The van der Waals surface area contributed by atoms with Crippen molar-refractivity contribution in [2.75, 3.05) is 0 Å². The molecule has 0 saturated heterocycles. The molecule has 4 rings (SSSR count). The molecule has 23 heavy (non-hydrogen) atoms. The number of rotatable bonds is 3. The lowest BCUT2D eigenvalue weighted by molar-refractivity contribution is 0.568. The Kier molecular flexibility index (Phi) is 3.61. The molecule has 0 N–H and O–H groups in total. The summed E-state index contributed by atoms with van der Waals surface area (Å²) < 4.78 is 10.6. The number of hydrogen-bond donors (Lipinski definition) is 0. The minimum absolute atomic E-state index is 1.07. The summed E-state index contributed by atoms with van der Waals surface area (Å²) in [6.45, 7) is 0. The standard InChI is InChI=1S/C20H15O2P/c23-19-7-2-1-4-18(19)20-16(14-8-10-21-12-14)5-3-6-17(20)15-9-11-22-13-15/h1-13H,23H2. The lowest BCUT2D eigenvalue weighted by Crippen LogP contribution is -1.99. The van der Waals surface area contributed by atoms with E-state index < -0.39 is 0 Å². The zero-order valence-corrected chi connectivity index (χ0v) is 13.6. The molecule has 0 aliphatic rings. The highest BCUT2D eigenvalue weighted by molar-refractivity contribution is 7.28. The summed E-state index contributed by atoms with van der Waals surface area (Å²) in [5.41, 5.74) is 6.79. The predicted molar refractivity (Wildman–Crippen MR) is 96.6 cm³/mol. The van der Waals surface area contributed by atoms with Crippen LogP contribution in [0.15, 0.2) is 88.5 Å². The maximum absolute atomic E-state index is 5.30. The van der Waals surface area contributed by atoms with Crippen LogP contribution in [0.1, 0.15) is 0 Å². The molecule has 0 bridgehead atoms. The quantitative estimate of drug-likeness (QED) is 0.474. The van der Waals surface area contributed by atoms with Crippen LogP contribution in [0, 0.1) is 0 Å².